The molecule has 2 aromatic carbocycles. The van der Waals surface area contributed by atoms with Gasteiger partial charge in [0.1, 0.15) is 11.9 Å². The van der Waals surface area contributed by atoms with Crippen LogP contribution in [0.4, 0.5) is 8.78 Å². The molecule has 3 heteroatoms. The average Bonchev–Trinajstić information content (AvgIpc) is 2.63. The van der Waals surface area contributed by atoms with E-state index < -0.39 is 5.82 Å². The van der Waals surface area contributed by atoms with Crippen molar-refractivity contribution in [2.24, 2.45) is 5.92 Å². The van der Waals surface area contributed by atoms with Gasteiger partial charge >= 0.3 is 0 Å². The van der Waals surface area contributed by atoms with Gasteiger partial charge in [-0.2, -0.15) is 5.26 Å². The van der Waals surface area contributed by atoms with Crippen molar-refractivity contribution in [3.05, 3.63) is 71.8 Å². The molecule has 1 aliphatic rings. The molecule has 3 rings (SSSR count). The van der Waals surface area contributed by atoms with Gasteiger partial charge in [0.2, 0.25) is 0 Å². The van der Waals surface area contributed by atoms with Gasteiger partial charge in [0.15, 0.2) is 0 Å². The van der Waals surface area contributed by atoms with Crippen LogP contribution in [0, 0.1) is 23.1 Å². The summed E-state index contributed by atoms with van der Waals surface area (Å²) in [6.45, 7) is 0. The Morgan fingerprint density at radius 3 is 2.21 bits per heavy atom. The number of hydrogen-bond donors (Lipinski definition) is 0. The Hall–Kier alpha value is -2.47. The van der Waals surface area contributed by atoms with Crippen LogP contribution in [-0.2, 0) is 0 Å². The Labute approximate surface area is 141 Å². The van der Waals surface area contributed by atoms with Crippen molar-refractivity contribution < 1.29 is 8.78 Å². The summed E-state index contributed by atoms with van der Waals surface area (Å²) in [5.41, 5.74) is 3.07. The van der Waals surface area contributed by atoms with E-state index in [0.717, 1.165) is 36.8 Å². The fourth-order valence-corrected chi connectivity index (χ4v) is 3.48. The number of allylic oxidation sites excluding steroid dienone is 1. The zero-order valence-electron chi connectivity index (χ0n) is 13.4. The standard InChI is InChI=1S/C21H19F2N/c22-12-11-15-1-3-16(4-2-15)17-5-7-18(8-6-17)19-9-10-20(14-24)21(23)13-19/h5-13,15-16H,1-4H2/t15-,16-. The summed E-state index contributed by atoms with van der Waals surface area (Å²) < 4.78 is 26.0. The Balaban J connectivity index is 1.72. The van der Waals surface area contributed by atoms with Crippen LogP contribution in [0.2, 0.25) is 0 Å². The van der Waals surface area contributed by atoms with E-state index in [9.17, 15) is 8.78 Å². The van der Waals surface area contributed by atoms with E-state index in [2.05, 4.69) is 12.1 Å². The molecular formula is C21H19F2N. The third kappa shape index (κ3) is 3.54. The van der Waals surface area contributed by atoms with Crippen molar-refractivity contribution in [3.63, 3.8) is 0 Å². The van der Waals surface area contributed by atoms with Gasteiger partial charge in [-0.15, -0.1) is 0 Å². The van der Waals surface area contributed by atoms with E-state index in [1.165, 1.54) is 17.7 Å². The number of benzene rings is 2. The molecule has 0 amide bonds. The van der Waals surface area contributed by atoms with E-state index in [0.29, 0.717) is 18.2 Å². The van der Waals surface area contributed by atoms with Gasteiger partial charge in [0, 0.05) is 0 Å². The second kappa shape index (κ2) is 7.40. The summed E-state index contributed by atoms with van der Waals surface area (Å²) in [5, 5.41) is 8.80. The lowest BCUT2D eigenvalue weighted by Gasteiger charge is -2.27. The molecule has 0 bridgehead atoms. The number of nitriles is 1. The Morgan fingerprint density at radius 2 is 1.62 bits per heavy atom. The molecule has 1 saturated carbocycles. The van der Waals surface area contributed by atoms with E-state index in [-0.39, 0.29) is 5.56 Å². The monoisotopic (exact) mass is 323 g/mol. The van der Waals surface area contributed by atoms with Gasteiger partial charge in [0.25, 0.3) is 0 Å². The molecule has 1 aliphatic carbocycles. The molecule has 0 heterocycles. The fraction of sp³-hybridized carbons (Fsp3) is 0.286. The quantitative estimate of drug-likeness (QED) is 0.667. The summed E-state index contributed by atoms with van der Waals surface area (Å²) in [6, 6.07) is 14.7. The van der Waals surface area contributed by atoms with E-state index in [1.54, 1.807) is 12.1 Å². The highest BCUT2D eigenvalue weighted by molar-refractivity contribution is 5.64. The molecule has 0 aromatic heterocycles. The Morgan fingerprint density at radius 1 is 0.958 bits per heavy atom. The third-order valence-corrected chi connectivity index (χ3v) is 4.92. The summed E-state index contributed by atoms with van der Waals surface area (Å²) >= 11 is 0. The van der Waals surface area contributed by atoms with Crippen LogP contribution in [0.25, 0.3) is 11.1 Å². The predicted molar refractivity (Wildman–Crippen MR) is 91.5 cm³/mol. The van der Waals surface area contributed by atoms with E-state index >= 15 is 0 Å². The van der Waals surface area contributed by atoms with Gasteiger partial charge in [-0.25, -0.2) is 8.78 Å². The highest BCUT2D eigenvalue weighted by Crippen LogP contribution is 2.37. The zero-order chi connectivity index (χ0) is 16.9. The second-order valence-electron chi connectivity index (χ2n) is 6.36. The predicted octanol–water partition coefficient (Wildman–Crippen LogP) is 6.12. The van der Waals surface area contributed by atoms with Crippen molar-refractivity contribution >= 4 is 0 Å². The normalized spacial score (nSPS) is 20.9. The summed E-state index contributed by atoms with van der Waals surface area (Å²) in [6.07, 6.45) is 6.51. The van der Waals surface area contributed by atoms with Crippen LogP contribution in [-0.4, -0.2) is 0 Å². The molecule has 0 saturated heterocycles. The SMILES string of the molecule is N#Cc1ccc(-c2ccc([C@H]3CC[C@H](C=CF)CC3)cc2)cc1F. The maximum atomic E-state index is 13.8. The van der Waals surface area contributed by atoms with Crippen LogP contribution in [0.15, 0.2) is 54.9 Å². The first-order chi connectivity index (χ1) is 11.7. The third-order valence-electron chi connectivity index (χ3n) is 4.92. The molecule has 0 N–H and O–H groups in total. The average molecular weight is 323 g/mol. The van der Waals surface area contributed by atoms with E-state index in [1.807, 2.05) is 18.2 Å². The minimum Gasteiger partial charge on any atom is -0.216 e. The highest BCUT2D eigenvalue weighted by atomic mass is 19.1. The molecule has 122 valence electrons. The van der Waals surface area contributed by atoms with E-state index in [4.69, 9.17) is 5.26 Å². The number of halogens is 2. The van der Waals surface area contributed by atoms with Crippen LogP contribution < -0.4 is 0 Å². The fourth-order valence-electron chi connectivity index (χ4n) is 3.48. The Kier molecular flexibility index (Phi) is 5.05. The van der Waals surface area contributed by atoms with Crippen molar-refractivity contribution in [3.8, 4) is 17.2 Å². The summed E-state index contributed by atoms with van der Waals surface area (Å²) in [7, 11) is 0. The molecular weight excluding hydrogens is 304 g/mol. The molecule has 2 aromatic rings. The first-order valence-electron chi connectivity index (χ1n) is 8.28. The summed E-state index contributed by atoms with van der Waals surface area (Å²) in [5.74, 6) is 0.395. The van der Waals surface area contributed by atoms with Crippen molar-refractivity contribution in [2.75, 3.05) is 0 Å². The number of rotatable bonds is 3. The van der Waals surface area contributed by atoms with Gasteiger partial charge in [0.05, 0.1) is 11.9 Å². The van der Waals surface area contributed by atoms with Gasteiger partial charge in [-0.1, -0.05) is 36.4 Å². The number of hydrogen-bond acceptors (Lipinski definition) is 1. The zero-order valence-corrected chi connectivity index (χ0v) is 13.4. The lowest BCUT2D eigenvalue weighted by atomic mass is 9.78. The molecule has 0 atom stereocenters. The largest absolute Gasteiger partial charge is 0.216 e. The molecule has 0 aliphatic heterocycles. The van der Waals surface area contributed by atoms with Crippen LogP contribution in [0.3, 0.4) is 0 Å². The van der Waals surface area contributed by atoms with Crippen molar-refractivity contribution in [2.45, 2.75) is 31.6 Å². The molecule has 1 fully saturated rings. The second-order valence-corrected chi connectivity index (χ2v) is 6.36. The van der Waals surface area contributed by atoms with Crippen LogP contribution >= 0.6 is 0 Å². The lowest BCUT2D eigenvalue weighted by molar-refractivity contribution is 0.373. The lowest BCUT2D eigenvalue weighted by Crippen LogP contribution is -2.11. The van der Waals surface area contributed by atoms with Gasteiger partial charge < -0.3 is 0 Å². The van der Waals surface area contributed by atoms with Gasteiger partial charge in [-0.05, 0) is 66.3 Å². The van der Waals surface area contributed by atoms with Crippen molar-refractivity contribution in [1.29, 1.82) is 5.26 Å². The molecule has 1 nitrogen and oxygen atoms in total. The maximum absolute atomic E-state index is 13.8. The first kappa shape index (κ1) is 16.4. The maximum Gasteiger partial charge on any atom is 0.141 e. The molecule has 0 radical (unpaired) electrons. The van der Waals surface area contributed by atoms with Crippen LogP contribution in [0.1, 0.15) is 42.7 Å². The summed E-state index contributed by atoms with van der Waals surface area (Å²) in [4.78, 5) is 0. The molecule has 0 unspecified atom stereocenters. The smallest absolute Gasteiger partial charge is 0.141 e. The van der Waals surface area contributed by atoms with Crippen molar-refractivity contribution in [1.82, 2.24) is 0 Å². The van der Waals surface area contributed by atoms with Gasteiger partial charge in [-0.3, -0.25) is 0 Å². The highest BCUT2D eigenvalue weighted by Gasteiger charge is 2.20. The number of nitrogens with zero attached hydrogens (tertiary/aromatic N) is 1. The molecule has 24 heavy (non-hydrogen) atoms. The van der Waals surface area contributed by atoms with Crippen LogP contribution in [0.5, 0.6) is 0 Å². The minimum absolute atomic E-state index is 0.0643. The Bertz CT molecular complexity index is 763. The first-order valence-corrected chi connectivity index (χ1v) is 8.28. The topological polar surface area (TPSA) is 23.8 Å². The minimum atomic E-state index is -0.488. The molecule has 0 spiro atoms.